The highest BCUT2D eigenvalue weighted by molar-refractivity contribution is 6.05. The van der Waals surface area contributed by atoms with E-state index in [9.17, 15) is 22.8 Å². The Hall–Kier alpha value is -3.03. The van der Waals surface area contributed by atoms with Crippen LogP contribution in [0.2, 0.25) is 0 Å². The molecule has 1 N–H and O–H groups in total. The number of benzene rings is 2. The first kappa shape index (κ1) is 17.3. The summed E-state index contributed by atoms with van der Waals surface area (Å²) in [4.78, 5) is 23.4. The van der Waals surface area contributed by atoms with Crippen molar-refractivity contribution in [3.63, 3.8) is 0 Å². The van der Waals surface area contributed by atoms with Gasteiger partial charge in [0.1, 0.15) is 0 Å². The van der Waals surface area contributed by atoms with Crippen molar-refractivity contribution in [1.29, 1.82) is 0 Å². The zero-order valence-corrected chi connectivity index (χ0v) is 12.4. The van der Waals surface area contributed by atoms with Crippen LogP contribution in [0.3, 0.4) is 0 Å². The monoisotopic (exact) mass is 339 g/mol. The predicted molar refractivity (Wildman–Crippen MR) is 78.9 cm³/mol. The molecule has 0 heterocycles. The van der Waals surface area contributed by atoms with E-state index in [0.29, 0.717) is 0 Å². The zero-order chi connectivity index (χ0) is 17.7. The van der Waals surface area contributed by atoms with E-state index < -0.39 is 24.0 Å². The minimum absolute atomic E-state index is 0.128. The molecule has 24 heavy (non-hydrogen) atoms. The molecule has 0 unspecified atom stereocenters. The Kier molecular flexibility index (Phi) is 5.08. The summed E-state index contributed by atoms with van der Waals surface area (Å²) in [6, 6.07) is 10.6. The van der Waals surface area contributed by atoms with Gasteiger partial charge in [-0.05, 0) is 36.4 Å². The Morgan fingerprint density at radius 2 is 1.54 bits per heavy atom. The van der Waals surface area contributed by atoms with Crippen LogP contribution in [-0.2, 0) is 4.74 Å². The maximum Gasteiger partial charge on any atom is 0.573 e. The summed E-state index contributed by atoms with van der Waals surface area (Å²) in [5, 5.41) is 2.33. The maximum absolute atomic E-state index is 12.4. The molecule has 0 aliphatic heterocycles. The van der Waals surface area contributed by atoms with Crippen LogP contribution in [0.1, 0.15) is 20.7 Å². The molecule has 8 heteroatoms. The van der Waals surface area contributed by atoms with Crippen molar-refractivity contribution >= 4 is 17.6 Å². The van der Waals surface area contributed by atoms with Crippen molar-refractivity contribution in [2.75, 3.05) is 12.4 Å². The van der Waals surface area contributed by atoms with Crippen molar-refractivity contribution in [1.82, 2.24) is 0 Å². The Labute approximate surface area is 135 Å². The van der Waals surface area contributed by atoms with Crippen molar-refractivity contribution in [3.05, 3.63) is 59.7 Å². The number of hydrogen-bond acceptors (Lipinski definition) is 4. The third-order valence-electron chi connectivity index (χ3n) is 2.93. The average Bonchev–Trinajstić information content (AvgIpc) is 2.54. The SMILES string of the molecule is COC(=O)c1ccc(C(=O)Nc2ccccc2OC(F)(F)F)cc1. The lowest BCUT2D eigenvalue weighted by Gasteiger charge is -2.13. The number of anilines is 1. The summed E-state index contributed by atoms with van der Waals surface area (Å²) in [5.74, 6) is -1.74. The zero-order valence-electron chi connectivity index (χ0n) is 12.4. The number of rotatable bonds is 4. The van der Waals surface area contributed by atoms with Crippen LogP contribution < -0.4 is 10.1 Å². The highest BCUT2D eigenvalue weighted by atomic mass is 19.4. The molecule has 0 fully saturated rings. The van der Waals surface area contributed by atoms with Crippen LogP contribution in [-0.4, -0.2) is 25.3 Å². The highest BCUT2D eigenvalue weighted by Crippen LogP contribution is 2.30. The van der Waals surface area contributed by atoms with E-state index in [2.05, 4.69) is 14.8 Å². The lowest BCUT2D eigenvalue weighted by Crippen LogP contribution is -2.19. The van der Waals surface area contributed by atoms with Gasteiger partial charge in [-0.1, -0.05) is 12.1 Å². The van der Waals surface area contributed by atoms with E-state index in [0.717, 1.165) is 6.07 Å². The topological polar surface area (TPSA) is 64.6 Å². The molecule has 0 aliphatic carbocycles. The van der Waals surface area contributed by atoms with Gasteiger partial charge in [-0.25, -0.2) is 4.79 Å². The molecule has 126 valence electrons. The normalized spacial score (nSPS) is 10.8. The van der Waals surface area contributed by atoms with Crippen molar-refractivity contribution in [2.45, 2.75) is 6.36 Å². The van der Waals surface area contributed by atoms with Gasteiger partial charge in [0.25, 0.3) is 5.91 Å². The quantitative estimate of drug-likeness (QED) is 0.864. The fraction of sp³-hybridized carbons (Fsp3) is 0.125. The molecule has 5 nitrogen and oxygen atoms in total. The molecule has 0 spiro atoms. The number of para-hydroxylation sites is 2. The van der Waals surface area contributed by atoms with Gasteiger partial charge in [-0.3, -0.25) is 4.79 Å². The van der Waals surface area contributed by atoms with Crippen LogP contribution >= 0.6 is 0 Å². The molecule has 0 radical (unpaired) electrons. The lowest BCUT2D eigenvalue weighted by molar-refractivity contribution is -0.274. The number of ether oxygens (including phenoxy) is 2. The van der Waals surface area contributed by atoms with E-state index in [1.165, 1.54) is 49.6 Å². The van der Waals surface area contributed by atoms with Crippen molar-refractivity contribution in [3.8, 4) is 5.75 Å². The Morgan fingerprint density at radius 3 is 2.12 bits per heavy atom. The minimum Gasteiger partial charge on any atom is -0.465 e. The van der Waals surface area contributed by atoms with Gasteiger partial charge in [0, 0.05) is 5.56 Å². The molecular formula is C16H12F3NO4. The number of alkyl halides is 3. The number of carbonyl (C=O) groups excluding carboxylic acids is 2. The van der Waals surface area contributed by atoms with E-state index in [1.54, 1.807) is 0 Å². The fourth-order valence-electron chi connectivity index (χ4n) is 1.85. The number of nitrogens with one attached hydrogen (secondary N) is 1. The van der Waals surface area contributed by atoms with Gasteiger partial charge < -0.3 is 14.8 Å². The number of carbonyl (C=O) groups is 2. The Bertz CT molecular complexity index is 742. The van der Waals surface area contributed by atoms with Gasteiger partial charge in [0.2, 0.25) is 0 Å². The molecule has 0 aromatic heterocycles. The van der Waals surface area contributed by atoms with E-state index in [-0.39, 0.29) is 16.8 Å². The molecule has 2 rings (SSSR count). The number of hydrogen-bond donors (Lipinski definition) is 1. The lowest BCUT2D eigenvalue weighted by atomic mass is 10.1. The molecule has 2 aromatic carbocycles. The third-order valence-corrected chi connectivity index (χ3v) is 2.93. The van der Waals surface area contributed by atoms with Crippen molar-refractivity contribution < 1.29 is 32.2 Å². The second kappa shape index (κ2) is 7.03. The van der Waals surface area contributed by atoms with Crippen molar-refractivity contribution in [2.24, 2.45) is 0 Å². The maximum atomic E-state index is 12.4. The van der Waals surface area contributed by atoms with Gasteiger partial charge in [0.05, 0.1) is 18.4 Å². The first-order valence-corrected chi connectivity index (χ1v) is 6.64. The van der Waals surface area contributed by atoms with Crippen LogP contribution in [0.15, 0.2) is 48.5 Å². The molecule has 0 aliphatic rings. The number of amides is 1. The summed E-state index contributed by atoms with van der Waals surface area (Å²) in [6.07, 6.45) is -4.87. The Morgan fingerprint density at radius 1 is 0.958 bits per heavy atom. The Balaban J connectivity index is 2.17. The molecule has 0 saturated heterocycles. The first-order valence-electron chi connectivity index (χ1n) is 6.64. The second-order valence-corrected chi connectivity index (χ2v) is 4.57. The van der Waals surface area contributed by atoms with Crippen LogP contribution in [0, 0.1) is 0 Å². The van der Waals surface area contributed by atoms with Gasteiger partial charge in [0.15, 0.2) is 5.75 Å². The van der Waals surface area contributed by atoms with Crippen LogP contribution in [0.5, 0.6) is 5.75 Å². The van der Waals surface area contributed by atoms with E-state index >= 15 is 0 Å². The van der Waals surface area contributed by atoms with Crippen LogP contribution in [0.4, 0.5) is 18.9 Å². The molecular weight excluding hydrogens is 327 g/mol. The predicted octanol–water partition coefficient (Wildman–Crippen LogP) is 3.62. The standard InChI is InChI=1S/C16H12F3NO4/c1-23-15(22)11-8-6-10(7-9-11)14(21)20-12-4-2-3-5-13(12)24-16(17,18)19/h2-9H,1H3,(H,20,21). The number of esters is 1. The summed E-state index contributed by atoms with van der Waals surface area (Å²) in [6.45, 7) is 0. The highest BCUT2D eigenvalue weighted by Gasteiger charge is 2.32. The molecule has 0 bridgehead atoms. The molecule has 2 aromatic rings. The van der Waals surface area contributed by atoms with E-state index in [1.807, 2.05) is 0 Å². The summed E-state index contributed by atoms with van der Waals surface area (Å²) < 4.78 is 45.5. The number of halogens is 3. The van der Waals surface area contributed by atoms with Gasteiger partial charge >= 0.3 is 12.3 Å². The fourth-order valence-corrected chi connectivity index (χ4v) is 1.85. The number of methoxy groups -OCH3 is 1. The van der Waals surface area contributed by atoms with Gasteiger partial charge in [-0.2, -0.15) is 0 Å². The second-order valence-electron chi connectivity index (χ2n) is 4.57. The van der Waals surface area contributed by atoms with Gasteiger partial charge in [-0.15, -0.1) is 13.2 Å². The molecule has 1 amide bonds. The first-order chi connectivity index (χ1) is 11.3. The average molecular weight is 339 g/mol. The summed E-state index contributed by atoms with van der Waals surface area (Å²) in [7, 11) is 1.22. The third kappa shape index (κ3) is 4.48. The summed E-state index contributed by atoms with van der Waals surface area (Å²) >= 11 is 0. The minimum atomic E-state index is -4.87. The van der Waals surface area contributed by atoms with E-state index in [4.69, 9.17) is 0 Å². The molecule has 0 saturated carbocycles. The largest absolute Gasteiger partial charge is 0.573 e. The molecule has 0 atom stereocenters. The van der Waals surface area contributed by atoms with Crippen LogP contribution in [0.25, 0.3) is 0 Å². The smallest absolute Gasteiger partial charge is 0.465 e. The summed E-state index contributed by atoms with van der Waals surface area (Å²) in [5.41, 5.74) is 0.274.